The number of allylic oxidation sites excluding steroid dienone is 3. The van der Waals surface area contributed by atoms with Crippen LogP contribution in [-0.2, 0) is 9.53 Å². The van der Waals surface area contributed by atoms with Crippen LogP contribution >= 0.6 is 15.9 Å². The first-order chi connectivity index (χ1) is 12.1. The third-order valence-corrected chi connectivity index (χ3v) is 5.38. The molecule has 0 radical (unpaired) electrons. The molecule has 0 saturated heterocycles. The number of hydrogen-bond acceptors (Lipinski definition) is 3. The van der Waals surface area contributed by atoms with Crippen molar-refractivity contribution in [2.45, 2.75) is 24.7 Å². The Hall–Kier alpha value is -2.33. The van der Waals surface area contributed by atoms with Gasteiger partial charge in [0.15, 0.2) is 11.7 Å². The predicted octanol–water partition coefficient (Wildman–Crippen LogP) is 4.76. The minimum Gasteiger partial charge on any atom is -0.446 e. The number of carbonyl (C=O) groups excluding carboxylic acids is 1. The van der Waals surface area contributed by atoms with Gasteiger partial charge in [-0.15, -0.1) is 0 Å². The lowest BCUT2D eigenvalue weighted by atomic mass is 9.76. The van der Waals surface area contributed by atoms with Crippen molar-refractivity contribution in [3.63, 3.8) is 0 Å². The fourth-order valence-electron chi connectivity index (χ4n) is 3.66. The van der Waals surface area contributed by atoms with Gasteiger partial charge < -0.3 is 10.5 Å². The van der Waals surface area contributed by atoms with Gasteiger partial charge in [0.05, 0.1) is 0 Å². The largest absolute Gasteiger partial charge is 0.446 e. The van der Waals surface area contributed by atoms with E-state index in [1.165, 1.54) is 5.56 Å². The Labute approximate surface area is 155 Å². The zero-order chi connectivity index (χ0) is 17.4. The van der Waals surface area contributed by atoms with Crippen molar-refractivity contribution in [1.82, 2.24) is 0 Å². The maximum atomic E-state index is 13.0. The Morgan fingerprint density at radius 3 is 2.40 bits per heavy atom. The van der Waals surface area contributed by atoms with E-state index in [1.54, 1.807) is 0 Å². The molecule has 2 aromatic carbocycles. The van der Waals surface area contributed by atoms with E-state index in [0.29, 0.717) is 18.7 Å². The van der Waals surface area contributed by atoms with Crippen LogP contribution in [-0.4, -0.2) is 5.78 Å². The smallest absolute Gasteiger partial charge is 0.187 e. The lowest BCUT2D eigenvalue weighted by molar-refractivity contribution is -0.117. The molecule has 1 heterocycles. The van der Waals surface area contributed by atoms with Gasteiger partial charge in [0.1, 0.15) is 5.76 Å². The summed E-state index contributed by atoms with van der Waals surface area (Å²) in [5.74, 6) is 1.24. The standard InChI is InChI=1S/C21H18BrNO2/c22-16-8-6-14(7-9-16)17-12-20(23)25-19-11-15(10-18(24)21(17)19)13-4-2-1-3-5-13/h1-9,12,15,17H,10-11,23H2. The summed E-state index contributed by atoms with van der Waals surface area (Å²) in [6.07, 6.45) is 3.04. The third-order valence-electron chi connectivity index (χ3n) is 4.85. The predicted molar refractivity (Wildman–Crippen MR) is 101 cm³/mol. The summed E-state index contributed by atoms with van der Waals surface area (Å²) in [5, 5.41) is 0. The molecule has 126 valence electrons. The molecule has 4 heteroatoms. The molecular weight excluding hydrogens is 378 g/mol. The van der Waals surface area contributed by atoms with Gasteiger partial charge in [-0.3, -0.25) is 4.79 Å². The highest BCUT2D eigenvalue weighted by atomic mass is 79.9. The second-order valence-electron chi connectivity index (χ2n) is 6.48. The minimum absolute atomic E-state index is 0.138. The Balaban J connectivity index is 1.71. The van der Waals surface area contributed by atoms with Crippen LogP contribution in [0.5, 0.6) is 0 Å². The minimum atomic E-state index is -0.138. The fourth-order valence-corrected chi connectivity index (χ4v) is 3.92. The number of rotatable bonds is 2. The van der Waals surface area contributed by atoms with Crippen molar-refractivity contribution in [1.29, 1.82) is 0 Å². The molecule has 0 spiro atoms. The van der Waals surface area contributed by atoms with Gasteiger partial charge in [-0.05, 0) is 35.3 Å². The summed E-state index contributed by atoms with van der Waals surface area (Å²) in [5.41, 5.74) is 8.98. The molecular formula is C21H18BrNO2. The highest BCUT2D eigenvalue weighted by molar-refractivity contribution is 9.10. The van der Waals surface area contributed by atoms with E-state index in [-0.39, 0.29) is 17.6 Å². The summed E-state index contributed by atoms with van der Waals surface area (Å²) in [6.45, 7) is 0. The normalized spacial score (nSPS) is 22.9. The summed E-state index contributed by atoms with van der Waals surface area (Å²) in [7, 11) is 0. The van der Waals surface area contributed by atoms with Crippen LogP contribution < -0.4 is 5.73 Å². The number of halogens is 1. The Bertz CT molecular complexity index is 869. The summed E-state index contributed by atoms with van der Waals surface area (Å²) >= 11 is 3.45. The molecule has 2 aromatic rings. The molecule has 2 unspecified atom stereocenters. The van der Waals surface area contributed by atoms with E-state index in [1.807, 2.05) is 48.5 Å². The van der Waals surface area contributed by atoms with Crippen LogP contribution in [0, 0.1) is 0 Å². The second kappa shape index (κ2) is 6.52. The number of benzene rings is 2. The molecule has 2 aliphatic rings. The van der Waals surface area contributed by atoms with Crippen molar-refractivity contribution in [2.75, 3.05) is 0 Å². The quantitative estimate of drug-likeness (QED) is 0.796. The van der Waals surface area contributed by atoms with Gasteiger partial charge in [-0.1, -0.05) is 58.4 Å². The average Bonchev–Trinajstić information content (AvgIpc) is 2.62. The van der Waals surface area contributed by atoms with E-state index in [9.17, 15) is 4.79 Å². The number of nitrogens with two attached hydrogens (primary N) is 1. The third kappa shape index (κ3) is 3.14. The van der Waals surface area contributed by atoms with Gasteiger partial charge >= 0.3 is 0 Å². The van der Waals surface area contributed by atoms with E-state index in [4.69, 9.17) is 10.5 Å². The first kappa shape index (κ1) is 16.2. The van der Waals surface area contributed by atoms with Gasteiger partial charge in [0.2, 0.25) is 0 Å². The van der Waals surface area contributed by atoms with Gasteiger partial charge in [-0.2, -0.15) is 0 Å². The molecule has 0 bridgehead atoms. The number of carbonyl (C=O) groups is 1. The fraction of sp³-hybridized carbons (Fsp3) is 0.190. The van der Waals surface area contributed by atoms with Crippen molar-refractivity contribution in [3.05, 3.63) is 93.5 Å². The summed E-state index contributed by atoms with van der Waals surface area (Å²) in [6, 6.07) is 18.1. The summed E-state index contributed by atoms with van der Waals surface area (Å²) in [4.78, 5) is 13.0. The van der Waals surface area contributed by atoms with Crippen LogP contribution in [0.2, 0.25) is 0 Å². The van der Waals surface area contributed by atoms with Crippen LogP contribution in [0.4, 0.5) is 0 Å². The van der Waals surface area contributed by atoms with E-state index >= 15 is 0 Å². The topological polar surface area (TPSA) is 52.3 Å². The molecule has 1 aliphatic heterocycles. The maximum absolute atomic E-state index is 13.0. The van der Waals surface area contributed by atoms with Crippen molar-refractivity contribution < 1.29 is 9.53 Å². The van der Waals surface area contributed by atoms with Crippen LogP contribution in [0.1, 0.15) is 35.8 Å². The number of Topliss-reactive ketones (excluding diaryl/α,β-unsaturated/α-hetero) is 1. The second-order valence-corrected chi connectivity index (χ2v) is 7.39. The lowest BCUT2D eigenvalue weighted by Gasteiger charge is -2.32. The van der Waals surface area contributed by atoms with E-state index in [0.717, 1.165) is 21.4 Å². The molecule has 1 aliphatic carbocycles. The number of hydrogen-bond donors (Lipinski definition) is 1. The molecule has 0 amide bonds. The highest BCUT2D eigenvalue weighted by Gasteiger charge is 2.36. The number of ether oxygens (including phenoxy) is 1. The van der Waals surface area contributed by atoms with Gasteiger partial charge in [0.25, 0.3) is 0 Å². The SMILES string of the molecule is NC1=CC(c2ccc(Br)cc2)C2=C(CC(c3ccccc3)CC2=O)O1. The molecule has 0 saturated carbocycles. The Kier molecular flexibility index (Phi) is 4.22. The van der Waals surface area contributed by atoms with Crippen LogP contribution in [0.3, 0.4) is 0 Å². The van der Waals surface area contributed by atoms with Crippen molar-refractivity contribution >= 4 is 21.7 Å². The van der Waals surface area contributed by atoms with Gasteiger partial charge in [-0.25, -0.2) is 0 Å². The lowest BCUT2D eigenvalue weighted by Crippen LogP contribution is -2.27. The molecule has 0 aromatic heterocycles. The molecule has 3 nitrogen and oxygen atoms in total. The van der Waals surface area contributed by atoms with Crippen molar-refractivity contribution in [2.24, 2.45) is 5.73 Å². The van der Waals surface area contributed by atoms with Crippen LogP contribution in [0.25, 0.3) is 0 Å². The number of ketones is 1. The molecule has 2 atom stereocenters. The highest BCUT2D eigenvalue weighted by Crippen LogP contribution is 2.43. The zero-order valence-corrected chi connectivity index (χ0v) is 15.2. The zero-order valence-electron chi connectivity index (χ0n) is 13.6. The van der Waals surface area contributed by atoms with Crippen molar-refractivity contribution in [3.8, 4) is 0 Å². The van der Waals surface area contributed by atoms with Gasteiger partial charge in [0, 0.05) is 28.8 Å². The molecule has 4 rings (SSSR count). The molecule has 0 fully saturated rings. The Morgan fingerprint density at radius 2 is 1.68 bits per heavy atom. The van der Waals surface area contributed by atoms with E-state index in [2.05, 4.69) is 28.1 Å². The van der Waals surface area contributed by atoms with Crippen LogP contribution in [0.15, 0.2) is 82.4 Å². The average molecular weight is 396 g/mol. The van der Waals surface area contributed by atoms with E-state index < -0.39 is 0 Å². The Morgan fingerprint density at radius 1 is 0.960 bits per heavy atom. The summed E-state index contributed by atoms with van der Waals surface area (Å²) < 4.78 is 6.78. The monoisotopic (exact) mass is 395 g/mol. The maximum Gasteiger partial charge on any atom is 0.187 e. The first-order valence-electron chi connectivity index (χ1n) is 8.33. The molecule has 2 N–H and O–H groups in total. The molecule has 25 heavy (non-hydrogen) atoms. The first-order valence-corrected chi connectivity index (χ1v) is 9.13.